The molecule has 22 heavy (non-hydrogen) atoms. The molecule has 0 saturated heterocycles. The number of ether oxygens (including phenoxy) is 2. The maximum Gasteiger partial charge on any atom is 0.306 e. The Balaban J connectivity index is 3.33. The van der Waals surface area contributed by atoms with Crippen LogP contribution < -0.4 is 0 Å². The van der Waals surface area contributed by atoms with E-state index in [9.17, 15) is 19.2 Å². The molecule has 0 unspecified atom stereocenters. The van der Waals surface area contributed by atoms with E-state index in [0.717, 1.165) is 38.5 Å². The molecule has 0 bridgehead atoms. The van der Waals surface area contributed by atoms with Gasteiger partial charge in [-0.25, -0.2) is 0 Å². The van der Waals surface area contributed by atoms with Gasteiger partial charge < -0.3 is 9.47 Å². The van der Waals surface area contributed by atoms with Crippen LogP contribution in [0.25, 0.3) is 0 Å². The van der Waals surface area contributed by atoms with Crippen LogP contribution in [0.2, 0.25) is 0 Å². The Hall–Kier alpha value is -1.72. The minimum atomic E-state index is -0.330. The zero-order valence-electron chi connectivity index (χ0n) is 13.5. The van der Waals surface area contributed by atoms with E-state index >= 15 is 0 Å². The highest BCUT2D eigenvalue weighted by Gasteiger charge is 2.05. The molecule has 0 aliphatic carbocycles. The number of Topliss-reactive ketones (excluding diaryl/α,β-unsaturated/α-hetero) is 2. The van der Waals surface area contributed by atoms with Gasteiger partial charge in [-0.2, -0.15) is 0 Å². The van der Waals surface area contributed by atoms with E-state index in [1.807, 2.05) is 0 Å². The summed E-state index contributed by atoms with van der Waals surface area (Å²) < 4.78 is 9.50. The summed E-state index contributed by atoms with van der Waals surface area (Å²) in [6.07, 6.45) is 5.99. The fourth-order valence-corrected chi connectivity index (χ4v) is 1.75. The Kier molecular flexibility index (Phi) is 12.0. The first-order valence-corrected chi connectivity index (χ1v) is 7.72. The Morgan fingerprint density at radius 1 is 0.591 bits per heavy atom. The van der Waals surface area contributed by atoms with Crippen LogP contribution in [0.15, 0.2) is 0 Å². The van der Waals surface area contributed by atoms with Gasteiger partial charge in [0.1, 0.15) is 13.2 Å². The monoisotopic (exact) mass is 314 g/mol. The van der Waals surface area contributed by atoms with E-state index in [1.54, 1.807) is 0 Å². The van der Waals surface area contributed by atoms with Gasteiger partial charge in [-0.1, -0.05) is 25.7 Å². The van der Waals surface area contributed by atoms with Crippen molar-refractivity contribution in [3.8, 4) is 0 Å². The predicted octanol–water partition coefficient (Wildman–Crippen LogP) is 2.37. The molecule has 0 aliphatic heterocycles. The number of esters is 2. The van der Waals surface area contributed by atoms with Gasteiger partial charge in [0.05, 0.1) is 0 Å². The summed E-state index contributed by atoms with van der Waals surface area (Å²) in [6.45, 7) is 2.48. The van der Waals surface area contributed by atoms with Gasteiger partial charge in [-0.3, -0.25) is 19.2 Å². The number of carbonyl (C=O) groups excluding carboxylic acids is 4. The minimum Gasteiger partial charge on any atom is -0.458 e. The topological polar surface area (TPSA) is 86.7 Å². The van der Waals surface area contributed by atoms with Gasteiger partial charge in [-0.05, 0) is 26.7 Å². The number of hydrogen-bond donors (Lipinski definition) is 0. The van der Waals surface area contributed by atoms with E-state index in [1.165, 1.54) is 13.8 Å². The summed E-state index contributed by atoms with van der Waals surface area (Å²) in [4.78, 5) is 43.7. The van der Waals surface area contributed by atoms with E-state index < -0.39 is 0 Å². The fraction of sp³-hybridized carbons (Fsp3) is 0.750. The van der Waals surface area contributed by atoms with Crippen LogP contribution in [0.3, 0.4) is 0 Å². The molecule has 0 rings (SSSR count). The summed E-state index contributed by atoms with van der Waals surface area (Å²) in [5.41, 5.74) is 0. The number of carbonyl (C=O) groups is 4. The number of rotatable bonds is 13. The molecule has 0 aromatic rings. The average Bonchev–Trinajstić information content (AvgIpc) is 2.45. The third-order valence-electron chi connectivity index (χ3n) is 2.88. The molecule has 0 aromatic heterocycles. The van der Waals surface area contributed by atoms with Crippen molar-refractivity contribution in [3.63, 3.8) is 0 Å². The Labute approximate surface area is 131 Å². The molecule has 0 amide bonds. The van der Waals surface area contributed by atoms with Crippen molar-refractivity contribution in [2.45, 2.75) is 65.2 Å². The number of unbranched alkanes of at least 4 members (excludes halogenated alkanes) is 5. The standard InChI is InChI=1S/C16H26O6/c1-13(17)11-21-15(19)9-7-5-3-4-6-8-10-16(20)22-12-14(2)18/h3-12H2,1-2H3. The summed E-state index contributed by atoms with van der Waals surface area (Å²) in [5, 5.41) is 0. The first-order valence-electron chi connectivity index (χ1n) is 7.72. The van der Waals surface area contributed by atoms with Crippen LogP contribution in [0.1, 0.15) is 65.2 Å². The lowest BCUT2D eigenvalue weighted by molar-refractivity contribution is -0.147. The second-order valence-corrected chi connectivity index (χ2v) is 5.35. The third-order valence-corrected chi connectivity index (χ3v) is 2.88. The van der Waals surface area contributed by atoms with Crippen molar-refractivity contribution < 1.29 is 28.7 Å². The van der Waals surface area contributed by atoms with Crippen LogP contribution in [0.5, 0.6) is 0 Å². The van der Waals surface area contributed by atoms with Gasteiger partial charge in [0.15, 0.2) is 11.6 Å². The summed E-state index contributed by atoms with van der Waals surface area (Å²) in [7, 11) is 0. The summed E-state index contributed by atoms with van der Waals surface area (Å²) >= 11 is 0. The number of ketones is 2. The third kappa shape index (κ3) is 14.7. The van der Waals surface area contributed by atoms with E-state index in [-0.39, 0.29) is 36.7 Å². The lowest BCUT2D eigenvalue weighted by Gasteiger charge is -2.04. The quantitative estimate of drug-likeness (QED) is 0.383. The molecule has 0 N–H and O–H groups in total. The molecule has 0 aliphatic rings. The van der Waals surface area contributed by atoms with Crippen molar-refractivity contribution in [2.24, 2.45) is 0 Å². The Morgan fingerprint density at radius 3 is 1.23 bits per heavy atom. The first-order chi connectivity index (χ1) is 10.4. The van der Waals surface area contributed by atoms with Crippen molar-refractivity contribution in [3.05, 3.63) is 0 Å². The first kappa shape index (κ1) is 20.3. The second-order valence-electron chi connectivity index (χ2n) is 5.35. The molecule has 0 aromatic carbocycles. The van der Waals surface area contributed by atoms with Crippen LogP contribution >= 0.6 is 0 Å². The molecule has 0 saturated carbocycles. The van der Waals surface area contributed by atoms with Crippen molar-refractivity contribution in [1.29, 1.82) is 0 Å². The zero-order chi connectivity index (χ0) is 16.8. The highest BCUT2D eigenvalue weighted by Crippen LogP contribution is 2.09. The van der Waals surface area contributed by atoms with Crippen molar-refractivity contribution in [1.82, 2.24) is 0 Å². The highest BCUT2D eigenvalue weighted by atomic mass is 16.5. The van der Waals surface area contributed by atoms with Crippen LogP contribution in [-0.4, -0.2) is 36.7 Å². The minimum absolute atomic E-state index is 0.140. The van der Waals surface area contributed by atoms with E-state index in [4.69, 9.17) is 9.47 Å². The maximum absolute atomic E-state index is 11.2. The van der Waals surface area contributed by atoms with Gasteiger partial charge in [0, 0.05) is 12.8 Å². The lowest BCUT2D eigenvalue weighted by atomic mass is 10.1. The normalized spacial score (nSPS) is 10.1. The molecule has 0 spiro atoms. The van der Waals surface area contributed by atoms with Crippen molar-refractivity contribution in [2.75, 3.05) is 13.2 Å². The van der Waals surface area contributed by atoms with E-state index in [0.29, 0.717) is 12.8 Å². The lowest BCUT2D eigenvalue weighted by Crippen LogP contribution is -2.10. The molecule has 0 atom stereocenters. The molecule has 0 heterocycles. The predicted molar refractivity (Wildman–Crippen MR) is 80.2 cm³/mol. The molecular formula is C16H26O6. The smallest absolute Gasteiger partial charge is 0.306 e. The Bertz CT molecular complexity index is 339. The summed E-state index contributed by atoms with van der Waals surface area (Å²) in [5.74, 6) is -0.975. The molecule has 0 radical (unpaired) electrons. The van der Waals surface area contributed by atoms with Gasteiger partial charge in [0.25, 0.3) is 0 Å². The molecule has 6 nitrogen and oxygen atoms in total. The fourth-order valence-electron chi connectivity index (χ4n) is 1.75. The Morgan fingerprint density at radius 2 is 0.909 bits per heavy atom. The molecule has 0 fully saturated rings. The maximum atomic E-state index is 11.2. The van der Waals surface area contributed by atoms with Gasteiger partial charge >= 0.3 is 11.9 Å². The zero-order valence-corrected chi connectivity index (χ0v) is 13.5. The largest absolute Gasteiger partial charge is 0.458 e. The molecule has 126 valence electrons. The highest BCUT2D eigenvalue weighted by molar-refractivity contribution is 5.80. The van der Waals surface area contributed by atoms with Crippen LogP contribution in [0, 0.1) is 0 Å². The van der Waals surface area contributed by atoms with Crippen LogP contribution in [0.4, 0.5) is 0 Å². The van der Waals surface area contributed by atoms with Gasteiger partial charge in [-0.15, -0.1) is 0 Å². The summed E-state index contributed by atoms with van der Waals surface area (Å²) in [6, 6.07) is 0. The average molecular weight is 314 g/mol. The molecular weight excluding hydrogens is 288 g/mol. The van der Waals surface area contributed by atoms with Crippen molar-refractivity contribution >= 4 is 23.5 Å². The SMILES string of the molecule is CC(=O)COC(=O)CCCCCCCCC(=O)OCC(C)=O. The van der Waals surface area contributed by atoms with Gasteiger partial charge in [0.2, 0.25) is 0 Å². The number of hydrogen-bond acceptors (Lipinski definition) is 6. The molecule has 6 heteroatoms. The van der Waals surface area contributed by atoms with E-state index in [2.05, 4.69) is 0 Å². The van der Waals surface area contributed by atoms with Crippen LogP contribution in [-0.2, 0) is 28.7 Å². The second kappa shape index (κ2) is 13.0.